The molecule has 1 aromatic carbocycles. The van der Waals surface area contributed by atoms with Gasteiger partial charge in [0, 0.05) is 24.7 Å². The van der Waals surface area contributed by atoms with Gasteiger partial charge in [-0.25, -0.2) is 8.42 Å². The largest absolute Gasteiger partial charge is 0.399 e. The monoisotopic (exact) mass is 281 g/mol. The molecule has 6 heteroatoms. The molecule has 5 nitrogen and oxygen atoms in total. The van der Waals surface area contributed by atoms with Crippen molar-refractivity contribution in [3.63, 3.8) is 0 Å². The lowest BCUT2D eigenvalue weighted by Gasteiger charge is -2.25. The van der Waals surface area contributed by atoms with Gasteiger partial charge in [0.1, 0.15) is 0 Å². The minimum Gasteiger partial charge on any atom is -0.399 e. The standard InChI is InChI=1S/C13H19N3O2S/c1-10(2)16(8-4-7-14)19(17,18)13-9-12(15)6-5-11(13)3/h5-6,9-10H,4,8,15H2,1-3H3. The average Bonchev–Trinajstić information content (AvgIpc) is 2.32. The van der Waals surface area contributed by atoms with Crippen LogP contribution in [0.3, 0.4) is 0 Å². The van der Waals surface area contributed by atoms with Gasteiger partial charge in [0.2, 0.25) is 10.0 Å². The zero-order chi connectivity index (χ0) is 14.6. The third-order valence-corrected chi connectivity index (χ3v) is 5.04. The number of anilines is 1. The van der Waals surface area contributed by atoms with Crippen molar-refractivity contribution in [1.29, 1.82) is 5.26 Å². The first-order chi connectivity index (χ1) is 8.80. The minimum atomic E-state index is -3.62. The number of sulfonamides is 1. The second kappa shape index (κ2) is 6.04. The maximum absolute atomic E-state index is 12.6. The van der Waals surface area contributed by atoms with Crippen molar-refractivity contribution in [3.05, 3.63) is 23.8 Å². The number of benzene rings is 1. The molecular formula is C13H19N3O2S. The van der Waals surface area contributed by atoms with E-state index in [2.05, 4.69) is 0 Å². The Hall–Kier alpha value is -1.58. The maximum Gasteiger partial charge on any atom is 0.243 e. The SMILES string of the molecule is Cc1ccc(N)cc1S(=O)(=O)N(CCC#N)C(C)C. The predicted molar refractivity (Wildman–Crippen MR) is 74.8 cm³/mol. The minimum absolute atomic E-state index is 0.165. The van der Waals surface area contributed by atoms with E-state index < -0.39 is 10.0 Å². The highest BCUT2D eigenvalue weighted by Crippen LogP contribution is 2.24. The summed E-state index contributed by atoms with van der Waals surface area (Å²) in [5.41, 5.74) is 6.73. The van der Waals surface area contributed by atoms with Crippen LogP contribution in [0.2, 0.25) is 0 Å². The van der Waals surface area contributed by atoms with E-state index in [1.54, 1.807) is 32.9 Å². The fourth-order valence-corrected chi connectivity index (χ4v) is 3.74. The lowest BCUT2D eigenvalue weighted by atomic mass is 10.2. The third kappa shape index (κ3) is 3.46. The van der Waals surface area contributed by atoms with Crippen LogP contribution in [0.5, 0.6) is 0 Å². The Bertz CT molecular complexity index is 588. The van der Waals surface area contributed by atoms with Gasteiger partial charge in [0.15, 0.2) is 0 Å². The summed E-state index contributed by atoms with van der Waals surface area (Å²) in [5.74, 6) is 0. The number of nitrogens with zero attached hydrogens (tertiary/aromatic N) is 2. The van der Waals surface area contributed by atoms with Crippen molar-refractivity contribution in [2.24, 2.45) is 0 Å². The number of hydrogen-bond donors (Lipinski definition) is 1. The predicted octanol–water partition coefficient (Wildman–Crippen LogP) is 1.89. The fourth-order valence-electron chi connectivity index (χ4n) is 1.84. The van der Waals surface area contributed by atoms with Gasteiger partial charge in [-0.1, -0.05) is 6.07 Å². The van der Waals surface area contributed by atoms with Crippen LogP contribution in [-0.2, 0) is 10.0 Å². The first-order valence-corrected chi connectivity index (χ1v) is 7.49. The second-order valence-corrected chi connectivity index (χ2v) is 6.50. The van der Waals surface area contributed by atoms with Crippen molar-refractivity contribution in [2.75, 3.05) is 12.3 Å². The second-order valence-electron chi connectivity index (χ2n) is 4.64. The Balaban J connectivity index is 3.27. The topological polar surface area (TPSA) is 87.2 Å². The van der Waals surface area contributed by atoms with Crippen LogP contribution < -0.4 is 5.73 Å². The Morgan fingerprint density at radius 2 is 2.05 bits per heavy atom. The molecule has 0 radical (unpaired) electrons. The van der Waals surface area contributed by atoms with Crippen LogP contribution in [0.4, 0.5) is 5.69 Å². The molecule has 2 N–H and O–H groups in total. The van der Waals surface area contributed by atoms with Crippen LogP contribution in [0.15, 0.2) is 23.1 Å². The molecule has 0 spiro atoms. The molecule has 0 saturated carbocycles. The highest BCUT2D eigenvalue weighted by Gasteiger charge is 2.28. The van der Waals surface area contributed by atoms with Crippen LogP contribution in [-0.4, -0.2) is 25.3 Å². The Labute approximate surface area is 114 Å². The van der Waals surface area contributed by atoms with E-state index in [1.807, 2.05) is 6.07 Å². The summed E-state index contributed by atoms with van der Waals surface area (Å²) < 4.78 is 26.6. The zero-order valence-electron chi connectivity index (χ0n) is 11.4. The van der Waals surface area contributed by atoms with Gasteiger partial charge in [0.05, 0.1) is 11.0 Å². The molecule has 0 aromatic heterocycles. The normalized spacial score (nSPS) is 11.8. The maximum atomic E-state index is 12.6. The Kier molecular flexibility index (Phi) is 4.92. The molecule has 1 aromatic rings. The molecule has 1 rings (SSSR count). The van der Waals surface area contributed by atoms with Gasteiger partial charge in [0.25, 0.3) is 0 Å². The van der Waals surface area contributed by atoms with E-state index in [0.29, 0.717) is 11.3 Å². The smallest absolute Gasteiger partial charge is 0.243 e. The summed E-state index contributed by atoms with van der Waals surface area (Å²) in [7, 11) is -3.62. The number of hydrogen-bond acceptors (Lipinski definition) is 4. The van der Waals surface area contributed by atoms with Gasteiger partial charge in [-0.3, -0.25) is 0 Å². The first kappa shape index (κ1) is 15.5. The molecule has 0 bridgehead atoms. The summed E-state index contributed by atoms with van der Waals surface area (Å²) in [6.07, 6.45) is 0.165. The Morgan fingerprint density at radius 3 is 2.58 bits per heavy atom. The third-order valence-electron chi connectivity index (χ3n) is 2.82. The van der Waals surface area contributed by atoms with Gasteiger partial charge in [-0.2, -0.15) is 9.57 Å². The van der Waals surface area contributed by atoms with Crippen LogP contribution >= 0.6 is 0 Å². The van der Waals surface area contributed by atoms with E-state index in [4.69, 9.17) is 11.0 Å². The summed E-state index contributed by atoms with van der Waals surface area (Å²) in [6, 6.07) is 6.58. The number of aryl methyl sites for hydroxylation is 1. The Morgan fingerprint density at radius 1 is 1.42 bits per heavy atom. The van der Waals surface area contributed by atoms with Gasteiger partial charge >= 0.3 is 0 Å². The lowest BCUT2D eigenvalue weighted by molar-refractivity contribution is 0.360. The molecule has 0 amide bonds. The highest BCUT2D eigenvalue weighted by molar-refractivity contribution is 7.89. The molecule has 0 aliphatic carbocycles. The van der Waals surface area contributed by atoms with E-state index >= 15 is 0 Å². The summed E-state index contributed by atoms with van der Waals surface area (Å²) in [5, 5.41) is 8.64. The first-order valence-electron chi connectivity index (χ1n) is 6.05. The van der Waals surface area contributed by atoms with Crippen LogP contribution in [0.25, 0.3) is 0 Å². The van der Waals surface area contributed by atoms with E-state index in [9.17, 15) is 8.42 Å². The number of nitriles is 1. The van der Waals surface area contributed by atoms with Crippen molar-refractivity contribution < 1.29 is 8.42 Å². The van der Waals surface area contributed by atoms with E-state index in [1.165, 1.54) is 10.4 Å². The summed E-state index contributed by atoms with van der Waals surface area (Å²) >= 11 is 0. The lowest BCUT2D eigenvalue weighted by Crippen LogP contribution is -2.37. The van der Waals surface area contributed by atoms with Crippen LogP contribution in [0.1, 0.15) is 25.8 Å². The van der Waals surface area contributed by atoms with Gasteiger partial charge < -0.3 is 5.73 Å². The number of nitrogen functional groups attached to an aromatic ring is 1. The summed E-state index contributed by atoms with van der Waals surface area (Å²) in [6.45, 7) is 5.49. The quantitative estimate of drug-likeness (QED) is 0.835. The molecule has 0 fully saturated rings. The molecule has 0 aliphatic heterocycles. The molecule has 19 heavy (non-hydrogen) atoms. The fraction of sp³-hybridized carbons (Fsp3) is 0.462. The molecular weight excluding hydrogens is 262 g/mol. The van der Waals surface area contributed by atoms with E-state index in [-0.39, 0.29) is 23.9 Å². The van der Waals surface area contributed by atoms with Crippen molar-refractivity contribution in [1.82, 2.24) is 4.31 Å². The van der Waals surface area contributed by atoms with Gasteiger partial charge in [-0.05, 0) is 38.5 Å². The van der Waals surface area contributed by atoms with Crippen molar-refractivity contribution >= 4 is 15.7 Å². The van der Waals surface area contributed by atoms with E-state index in [0.717, 1.165) is 0 Å². The highest BCUT2D eigenvalue weighted by atomic mass is 32.2. The molecule has 0 aliphatic rings. The van der Waals surface area contributed by atoms with Crippen LogP contribution in [0, 0.1) is 18.3 Å². The molecule has 0 atom stereocenters. The number of rotatable bonds is 5. The van der Waals surface area contributed by atoms with Crippen molar-refractivity contribution in [3.8, 4) is 6.07 Å². The number of nitrogens with two attached hydrogens (primary N) is 1. The molecule has 0 saturated heterocycles. The summed E-state index contributed by atoms with van der Waals surface area (Å²) in [4.78, 5) is 0.208. The zero-order valence-corrected chi connectivity index (χ0v) is 12.2. The molecule has 0 unspecified atom stereocenters. The average molecular weight is 281 g/mol. The molecule has 0 heterocycles. The van der Waals surface area contributed by atoms with Gasteiger partial charge in [-0.15, -0.1) is 0 Å². The van der Waals surface area contributed by atoms with Crippen molar-refractivity contribution in [2.45, 2.75) is 38.1 Å². The molecule has 104 valence electrons.